The molecule has 2 N–H and O–H groups in total. The van der Waals surface area contributed by atoms with Gasteiger partial charge in [0.2, 0.25) is 5.82 Å². The van der Waals surface area contributed by atoms with Gasteiger partial charge in [-0.25, -0.2) is 4.79 Å². The summed E-state index contributed by atoms with van der Waals surface area (Å²) >= 11 is 0. The molecule has 0 saturated carbocycles. The number of hydrogen-bond acceptors (Lipinski definition) is 8. The van der Waals surface area contributed by atoms with E-state index in [-0.39, 0.29) is 16.7 Å². The highest BCUT2D eigenvalue weighted by Gasteiger charge is 2.23. The number of nitrogens with zero attached hydrogens (tertiary/aromatic N) is 7. The Morgan fingerprint density at radius 1 is 0.641 bits per heavy atom. The van der Waals surface area contributed by atoms with Crippen molar-refractivity contribution >= 4 is 17.4 Å². The molecule has 2 aliphatic rings. The Hall–Kier alpha value is -7.34. The van der Waals surface area contributed by atoms with Crippen molar-refractivity contribution in [1.29, 1.82) is 0 Å². The molecule has 0 spiro atoms. The number of carboxylic acid groups (broad SMARTS) is 1. The lowest BCUT2D eigenvalue weighted by Crippen LogP contribution is -2.24. The summed E-state index contributed by atoms with van der Waals surface area (Å²) < 4.78 is 4.35. The van der Waals surface area contributed by atoms with E-state index in [1.54, 1.807) is 12.1 Å². The van der Waals surface area contributed by atoms with E-state index in [9.17, 15) is 19.5 Å². The molecule has 5 heterocycles. The topological polar surface area (TPSA) is 162 Å². The van der Waals surface area contributed by atoms with Crippen molar-refractivity contribution < 1.29 is 9.90 Å². The molecule has 0 unspecified atom stereocenters. The van der Waals surface area contributed by atoms with Gasteiger partial charge in [0.05, 0.1) is 5.56 Å². The number of fused-ring (bicyclic) bond motifs is 2. The van der Waals surface area contributed by atoms with Crippen molar-refractivity contribution in [2.45, 2.75) is 91.9 Å². The van der Waals surface area contributed by atoms with Crippen LogP contribution in [0.5, 0.6) is 0 Å². The van der Waals surface area contributed by atoms with Gasteiger partial charge in [-0.1, -0.05) is 130 Å². The van der Waals surface area contributed by atoms with E-state index < -0.39 is 5.97 Å². The molecule has 3 aromatic heterocycles. The van der Waals surface area contributed by atoms with Crippen LogP contribution >= 0.6 is 0 Å². The third-order valence-corrected chi connectivity index (χ3v) is 12.1. The normalized spacial score (nSPS) is 12.6. The van der Waals surface area contributed by atoms with Crippen molar-refractivity contribution in [3.05, 3.63) is 181 Å². The largest absolute Gasteiger partial charge is 0.478 e. The average molecular weight is 853 g/mol. The third-order valence-electron chi connectivity index (χ3n) is 12.1. The van der Waals surface area contributed by atoms with E-state index in [1.165, 1.54) is 5.70 Å². The predicted octanol–water partition coefficient (Wildman–Crippen LogP) is 9.40. The van der Waals surface area contributed by atoms with Gasteiger partial charge in [-0.3, -0.25) is 9.59 Å². The fraction of sp³-hybridized carbons (Fsp3) is 0.269. The second kappa shape index (κ2) is 19.4. The average Bonchev–Trinajstić information content (AvgIpc) is 4.08. The van der Waals surface area contributed by atoms with Gasteiger partial charge in [0.25, 0.3) is 11.1 Å². The maximum absolute atomic E-state index is 13.0. The number of aromatic nitrogens is 8. The Morgan fingerprint density at radius 3 is 1.58 bits per heavy atom. The van der Waals surface area contributed by atoms with Crippen LogP contribution in [0, 0.1) is 0 Å². The minimum Gasteiger partial charge on any atom is -0.478 e. The first-order chi connectivity index (χ1) is 31.1. The minimum absolute atomic E-state index is 0.0954. The van der Waals surface area contributed by atoms with Gasteiger partial charge in [0.15, 0.2) is 0 Å². The zero-order chi connectivity index (χ0) is 44.7. The predicted molar refractivity (Wildman–Crippen MR) is 251 cm³/mol. The van der Waals surface area contributed by atoms with Gasteiger partial charge < -0.3 is 14.2 Å². The van der Waals surface area contributed by atoms with Crippen LogP contribution in [0.4, 0.5) is 0 Å². The Labute approximate surface area is 372 Å². The molecule has 7 aromatic rings. The zero-order valence-corrected chi connectivity index (χ0v) is 36.8. The number of unbranched alkanes of at least 4 members (excludes halogenated alkanes) is 2. The summed E-state index contributed by atoms with van der Waals surface area (Å²) in [6.07, 6.45) is 12.8. The Kier molecular flexibility index (Phi) is 13.1. The quantitative estimate of drug-likeness (QED) is 0.109. The minimum atomic E-state index is -0.944. The summed E-state index contributed by atoms with van der Waals surface area (Å²) in [6.45, 7) is 8.49. The highest BCUT2D eigenvalue weighted by Crippen LogP contribution is 2.31. The summed E-state index contributed by atoms with van der Waals surface area (Å²) in [5.41, 5.74) is 12.7. The second-order valence-corrected chi connectivity index (χ2v) is 16.4. The molecule has 0 radical (unpaired) electrons. The molecule has 4 aromatic carbocycles. The molecule has 0 aliphatic carbocycles. The summed E-state index contributed by atoms with van der Waals surface area (Å²) in [5, 5.41) is 23.9. The van der Waals surface area contributed by atoms with Crippen molar-refractivity contribution in [2.24, 2.45) is 0 Å². The maximum atomic E-state index is 13.0. The van der Waals surface area contributed by atoms with E-state index in [2.05, 4.69) is 110 Å². The van der Waals surface area contributed by atoms with Crippen LogP contribution in [-0.2, 0) is 38.5 Å². The first kappa shape index (κ1) is 43.3. The number of carbonyl (C=O) groups is 1. The molecule has 2 aliphatic heterocycles. The number of benzene rings is 4. The molecular formula is C52H52N8O4. The number of allylic oxidation sites excluding steroid dienone is 4. The van der Waals surface area contributed by atoms with Gasteiger partial charge >= 0.3 is 5.97 Å². The molecule has 12 heteroatoms. The number of rotatable bonds is 14. The summed E-state index contributed by atoms with van der Waals surface area (Å²) in [4.78, 5) is 46.1. The molecule has 0 bridgehead atoms. The van der Waals surface area contributed by atoms with Gasteiger partial charge in [0.1, 0.15) is 11.6 Å². The van der Waals surface area contributed by atoms with E-state index in [4.69, 9.17) is 0 Å². The van der Waals surface area contributed by atoms with Gasteiger partial charge in [0, 0.05) is 65.2 Å². The zero-order valence-electron chi connectivity index (χ0n) is 36.8. The van der Waals surface area contributed by atoms with Crippen LogP contribution in [0.1, 0.15) is 109 Å². The van der Waals surface area contributed by atoms with Crippen LogP contribution in [0.15, 0.2) is 119 Å². The summed E-state index contributed by atoms with van der Waals surface area (Å²) in [7, 11) is 0. The lowest BCUT2D eigenvalue weighted by Gasteiger charge is -2.17. The summed E-state index contributed by atoms with van der Waals surface area (Å²) in [5.74, 6) is 1.32. The van der Waals surface area contributed by atoms with Crippen molar-refractivity contribution in [3.8, 4) is 33.6 Å². The molecule has 0 fully saturated rings. The lowest BCUT2D eigenvalue weighted by atomic mass is 9.96. The first-order valence-corrected chi connectivity index (χ1v) is 22.1. The number of nitrogens with one attached hydrogen (secondary N) is 1. The monoisotopic (exact) mass is 852 g/mol. The molecule has 0 amide bonds. The Balaban J connectivity index is 0.000000175. The number of H-pyrrole nitrogens is 1. The molecule has 9 rings (SSSR count). The molecule has 324 valence electrons. The van der Waals surface area contributed by atoms with Crippen molar-refractivity contribution in [1.82, 2.24) is 39.7 Å². The lowest BCUT2D eigenvalue weighted by molar-refractivity contribution is 0.0697. The SMILES string of the molecule is CCCCc1c(Cc2ccc(-c3ccccc3-c3nn[nH]n3)cc2)c(=O)nc2n1C(C)=CC2.CCCCc1c(Cc2ccc(-c3ccccc3C(=O)O)cc2)c(=O)nc2n1C(C)=CC2. The van der Waals surface area contributed by atoms with Crippen molar-refractivity contribution in [3.63, 3.8) is 0 Å². The van der Waals surface area contributed by atoms with Gasteiger partial charge in [-0.15, -0.1) is 10.2 Å². The third kappa shape index (κ3) is 9.08. The molecule has 0 saturated heterocycles. The van der Waals surface area contributed by atoms with Gasteiger partial charge in [-0.05, 0) is 84.2 Å². The first-order valence-electron chi connectivity index (χ1n) is 22.1. The number of hydrogen-bond donors (Lipinski definition) is 2. The Bertz CT molecular complexity index is 3000. The van der Waals surface area contributed by atoms with Crippen LogP contribution in [0.25, 0.3) is 45.0 Å². The fourth-order valence-electron chi connectivity index (χ4n) is 8.77. The molecule has 64 heavy (non-hydrogen) atoms. The standard InChI is InChI=1S/C26H26N6O.C26H26N2O3/c1-3-4-9-23-22(26(33)27-24-15-10-17(2)32(23)24)16-18-11-13-19(14-12-18)20-7-5-6-8-21(20)25-28-30-31-29-25;1-3-4-9-23-22(25(29)27-24-15-10-17(2)28(23)24)16-18-11-13-19(14-12-18)20-7-5-6-8-21(20)26(30)31/h5-8,10-14H,3-4,9,15-16H2,1-2H3,(H,28,29,30,31);5-8,10-14H,3-4,9,15-16H2,1-2H3,(H,30,31). The van der Waals surface area contributed by atoms with Crippen LogP contribution < -0.4 is 11.1 Å². The van der Waals surface area contributed by atoms with Crippen LogP contribution in [0.3, 0.4) is 0 Å². The van der Waals surface area contributed by atoms with Crippen LogP contribution in [0.2, 0.25) is 0 Å². The smallest absolute Gasteiger partial charge is 0.336 e. The fourth-order valence-corrected chi connectivity index (χ4v) is 8.77. The van der Waals surface area contributed by atoms with Crippen molar-refractivity contribution in [2.75, 3.05) is 0 Å². The van der Waals surface area contributed by atoms with E-state index >= 15 is 0 Å². The molecule has 12 nitrogen and oxygen atoms in total. The Morgan fingerprint density at radius 2 is 1.11 bits per heavy atom. The highest BCUT2D eigenvalue weighted by molar-refractivity contribution is 5.96. The number of aromatic amines is 1. The maximum Gasteiger partial charge on any atom is 0.336 e. The van der Waals surface area contributed by atoms with E-state index in [1.807, 2.05) is 54.6 Å². The summed E-state index contributed by atoms with van der Waals surface area (Å²) in [6, 6.07) is 31.1. The number of carboxylic acids is 1. The highest BCUT2D eigenvalue weighted by atomic mass is 16.4. The molecular weight excluding hydrogens is 801 g/mol. The second-order valence-electron chi connectivity index (χ2n) is 16.4. The number of tetrazole rings is 1. The molecule has 0 atom stereocenters. The van der Waals surface area contributed by atoms with Crippen LogP contribution in [-0.4, -0.2) is 50.8 Å². The van der Waals surface area contributed by atoms with Gasteiger partial charge in [-0.2, -0.15) is 15.2 Å². The van der Waals surface area contributed by atoms with E-state index in [0.717, 1.165) is 118 Å². The van der Waals surface area contributed by atoms with E-state index in [0.29, 0.717) is 30.7 Å². The number of aromatic carboxylic acids is 1.